The van der Waals surface area contributed by atoms with Crippen LogP contribution in [0.3, 0.4) is 0 Å². The van der Waals surface area contributed by atoms with Crippen LogP contribution in [-0.4, -0.2) is 27.7 Å². The van der Waals surface area contributed by atoms with E-state index in [4.69, 9.17) is 9.63 Å². The monoisotopic (exact) mass is 254 g/mol. The molecule has 2 N–H and O–H groups in total. The number of carbonyl (C=O) groups excluding carboxylic acids is 1. The van der Waals surface area contributed by atoms with Gasteiger partial charge in [-0.1, -0.05) is 19.0 Å². The summed E-state index contributed by atoms with van der Waals surface area (Å²) in [6.45, 7) is 7.14. The van der Waals surface area contributed by atoms with Crippen molar-refractivity contribution in [1.29, 1.82) is 0 Å². The zero-order valence-electron chi connectivity index (χ0n) is 11.0. The van der Waals surface area contributed by atoms with E-state index in [1.807, 2.05) is 13.8 Å². The molecule has 0 saturated carbocycles. The van der Waals surface area contributed by atoms with Crippen LogP contribution in [0.25, 0.3) is 0 Å². The van der Waals surface area contributed by atoms with Crippen molar-refractivity contribution in [3.63, 3.8) is 0 Å². The Morgan fingerprint density at radius 2 is 2.11 bits per heavy atom. The summed E-state index contributed by atoms with van der Waals surface area (Å²) in [5.74, 6) is -0.637. The smallest absolute Gasteiger partial charge is 0.305 e. The maximum absolute atomic E-state index is 11.9. The quantitative estimate of drug-likeness (QED) is 0.835. The van der Waals surface area contributed by atoms with Crippen molar-refractivity contribution in [2.75, 3.05) is 0 Å². The predicted molar refractivity (Wildman–Crippen MR) is 64.4 cm³/mol. The lowest BCUT2D eigenvalue weighted by atomic mass is 10.0. The van der Waals surface area contributed by atoms with Gasteiger partial charge in [-0.2, -0.15) is 0 Å². The minimum Gasteiger partial charge on any atom is -0.481 e. The van der Waals surface area contributed by atoms with E-state index in [2.05, 4.69) is 10.5 Å². The largest absolute Gasteiger partial charge is 0.481 e. The predicted octanol–water partition coefficient (Wildman–Crippen LogP) is 1.78. The summed E-state index contributed by atoms with van der Waals surface area (Å²) in [6, 6.07) is 1.57. The van der Waals surface area contributed by atoms with Gasteiger partial charge in [-0.3, -0.25) is 9.59 Å². The van der Waals surface area contributed by atoms with E-state index in [0.717, 1.165) is 0 Å². The lowest BCUT2D eigenvalue weighted by Crippen LogP contribution is -2.45. The Labute approximate surface area is 105 Å². The second kappa shape index (κ2) is 5.20. The fourth-order valence-electron chi connectivity index (χ4n) is 1.46. The number of nitrogens with one attached hydrogen (secondary N) is 1. The van der Waals surface area contributed by atoms with Crippen molar-refractivity contribution in [3.8, 4) is 0 Å². The molecule has 100 valence electrons. The summed E-state index contributed by atoms with van der Waals surface area (Å²) < 4.78 is 5.02. The topological polar surface area (TPSA) is 92.4 Å². The van der Waals surface area contributed by atoms with Gasteiger partial charge in [0.1, 0.15) is 5.76 Å². The normalized spacial score (nSPS) is 11.6. The molecular weight excluding hydrogens is 236 g/mol. The van der Waals surface area contributed by atoms with Gasteiger partial charge in [0.05, 0.1) is 6.42 Å². The molecule has 0 aliphatic carbocycles. The molecule has 1 rings (SSSR count). The minimum absolute atomic E-state index is 0.145. The lowest BCUT2D eigenvalue weighted by molar-refractivity contribution is -0.138. The first kappa shape index (κ1) is 14.2. The van der Waals surface area contributed by atoms with Crippen LogP contribution in [0.1, 0.15) is 56.3 Å². The van der Waals surface area contributed by atoms with Gasteiger partial charge in [0.25, 0.3) is 5.91 Å². The summed E-state index contributed by atoms with van der Waals surface area (Å²) in [6.07, 6.45) is -0.159. The van der Waals surface area contributed by atoms with Crippen molar-refractivity contribution in [2.24, 2.45) is 0 Å². The Kier molecular flexibility index (Phi) is 4.11. The van der Waals surface area contributed by atoms with Crippen LogP contribution in [0, 0.1) is 0 Å². The second-order valence-electron chi connectivity index (χ2n) is 5.18. The number of hydrogen-bond donors (Lipinski definition) is 2. The third kappa shape index (κ3) is 3.87. The number of aromatic nitrogens is 1. The van der Waals surface area contributed by atoms with Crippen LogP contribution in [0.4, 0.5) is 0 Å². The highest BCUT2D eigenvalue weighted by molar-refractivity contribution is 5.93. The molecule has 0 bridgehead atoms. The molecule has 0 fully saturated rings. The molecule has 0 aliphatic rings. The standard InChI is InChI=1S/C12H18N2O4/c1-7(2)9-5-8(14-18-9)11(17)13-12(3,4)6-10(15)16/h5,7H,6H2,1-4H3,(H,13,17)(H,15,16). The molecular formula is C12H18N2O4. The zero-order chi connectivity index (χ0) is 13.9. The van der Waals surface area contributed by atoms with E-state index in [0.29, 0.717) is 5.76 Å². The minimum atomic E-state index is -0.969. The molecule has 1 aromatic rings. The first-order valence-electron chi connectivity index (χ1n) is 5.72. The highest BCUT2D eigenvalue weighted by Gasteiger charge is 2.26. The van der Waals surface area contributed by atoms with Crippen LogP contribution < -0.4 is 5.32 Å². The van der Waals surface area contributed by atoms with Gasteiger partial charge < -0.3 is 14.9 Å². The number of carboxylic acids is 1. The number of nitrogens with zero attached hydrogens (tertiary/aromatic N) is 1. The SMILES string of the molecule is CC(C)c1cc(C(=O)NC(C)(C)CC(=O)O)no1. The fraction of sp³-hybridized carbons (Fsp3) is 0.583. The molecule has 1 aromatic heterocycles. The Bertz CT molecular complexity index is 449. The summed E-state index contributed by atoms with van der Waals surface area (Å²) >= 11 is 0. The molecule has 0 unspecified atom stereocenters. The van der Waals surface area contributed by atoms with Gasteiger partial charge in [-0.25, -0.2) is 0 Å². The molecule has 1 amide bonds. The maximum atomic E-state index is 11.9. The van der Waals surface area contributed by atoms with Crippen molar-refractivity contribution >= 4 is 11.9 Å². The first-order valence-corrected chi connectivity index (χ1v) is 5.72. The van der Waals surface area contributed by atoms with Gasteiger partial charge >= 0.3 is 5.97 Å². The summed E-state index contributed by atoms with van der Waals surface area (Å²) in [5.41, 5.74) is -0.669. The van der Waals surface area contributed by atoms with E-state index < -0.39 is 17.4 Å². The number of rotatable bonds is 5. The Morgan fingerprint density at radius 3 is 2.56 bits per heavy atom. The van der Waals surface area contributed by atoms with E-state index in [9.17, 15) is 9.59 Å². The molecule has 0 saturated heterocycles. The highest BCUT2D eigenvalue weighted by Crippen LogP contribution is 2.16. The van der Waals surface area contributed by atoms with Crippen LogP contribution >= 0.6 is 0 Å². The number of carboxylic acid groups (broad SMARTS) is 1. The van der Waals surface area contributed by atoms with Crippen molar-refractivity contribution in [3.05, 3.63) is 17.5 Å². The summed E-state index contributed by atoms with van der Waals surface area (Å²) in [7, 11) is 0. The van der Waals surface area contributed by atoms with Crippen LogP contribution in [0.5, 0.6) is 0 Å². The van der Waals surface area contributed by atoms with Crippen LogP contribution in [0.15, 0.2) is 10.6 Å². The number of carbonyl (C=O) groups is 2. The van der Waals surface area contributed by atoms with E-state index in [1.54, 1.807) is 19.9 Å². The van der Waals surface area contributed by atoms with E-state index >= 15 is 0 Å². The Morgan fingerprint density at radius 1 is 1.50 bits per heavy atom. The van der Waals surface area contributed by atoms with Crippen molar-refractivity contribution in [2.45, 2.75) is 45.6 Å². The zero-order valence-corrected chi connectivity index (χ0v) is 11.0. The molecule has 0 aliphatic heterocycles. The molecule has 6 heteroatoms. The molecule has 0 spiro atoms. The lowest BCUT2D eigenvalue weighted by Gasteiger charge is -2.23. The Balaban J connectivity index is 2.72. The third-order valence-electron chi connectivity index (χ3n) is 2.38. The van der Waals surface area contributed by atoms with Gasteiger partial charge in [-0.05, 0) is 13.8 Å². The van der Waals surface area contributed by atoms with Crippen molar-refractivity contribution in [1.82, 2.24) is 10.5 Å². The van der Waals surface area contributed by atoms with E-state index in [1.165, 1.54) is 0 Å². The first-order chi connectivity index (χ1) is 8.21. The maximum Gasteiger partial charge on any atom is 0.305 e. The highest BCUT2D eigenvalue weighted by atomic mass is 16.5. The molecule has 6 nitrogen and oxygen atoms in total. The summed E-state index contributed by atoms with van der Waals surface area (Å²) in [5, 5.41) is 15.0. The number of aliphatic carboxylic acids is 1. The van der Waals surface area contributed by atoms with Crippen LogP contribution in [-0.2, 0) is 4.79 Å². The molecule has 18 heavy (non-hydrogen) atoms. The number of amides is 1. The van der Waals surface area contributed by atoms with Crippen molar-refractivity contribution < 1.29 is 19.2 Å². The van der Waals surface area contributed by atoms with Crippen LogP contribution in [0.2, 0.25) is 0 Å². The third-order valence-corrected chi connectivity index (χ3v) is 2.38. The fourth-order valence-corrected chi connectivity index (χ4v) is 1.46. The molecule has 0 aromatic carbocycles. The van der Waals surface area contributed by atoms with Gasteiger partial charge in [-0.15, -0.1) is 0 Å². The van der Waals surface area contributed by atoms with Gasteiger partial charge in [0.15, 0.2) is 5.69 Å². The average Bonchev–Trinajstić information content (AvgIpc) is 2.62. The molecule has 0 atom stereocenters. The van der Waals surface area contributed by atoms with Gasteiger partial charge in [0, 0.05) is 17.5 Å². The molecule has 1 heterocycles. The second-order valence-corrected chi connectivity index (χ2v) is 5.18. The average molecular weight is 254 g/mol. The Hall–Kier alpha value is -1.85. The number of hydrogen-bond acceptors (Lipinski definition) is 4. The summed E-state index contributed by atoms with van der Waals surface area (Å²) in [4.78, 5) is 22.5. The molecule has 0 radical (unpaired) electrons. The van der Waals surface area contributed by atoms with E-state index in [-0.39, 0.29) is 18.0 Å². The van der Waals surface area contributed by atoms with Gasteiger partial charge in [0.2, 0.25) is 0 Å².